The maximum absolute atomic E-state index is 11.5. The Balaban J connectivity index is 3.41. The molecule has 1 atom stereocenters. The van der Waals surface area contributed by atoms with Crippen LogP contribution in [0.15, 0.2) is 22.8 Å². The summed E-state index contributed by atoms with van der Waals surface area (Å²) in [6, 6.07) is 0. The Morgan fingerprint density at radius 1 is 1.39 bits per heavy atom. The van der Waals surface area contributed by atoms with E-state index >= 15 is 0 Å². The van der Waals surface area contributed by atoms with Gasteiger partial charge in [-0.15, -0.1) is 0 Å². The SMILES string of the molecule is CCC1=C(C(=O)O)CC(C)(C(=O)O)C(C(C)C)=C1. The van der Waals surface area contributed by atoms with Crippen LogP contribution in [-0.4, -0.2) is 22.2 Å². The number of carboxylic acids is 2. The van der Waals surface area contributed by atoms with Gasteiger partial charge in [-0.05, 0) is 31.3 Å². The van der Waals surface area contributed by atoms with Gasteiger partial charge in [0.1, 0.15) is 0 Å². The van der Waals surface area contributed by atoms with Crippen molar-refractivity contribution >= 4 is 11.9 Å². The number of carboxylic acid groups (broad SMARTS) is 2. The van der Waals surface area contributed by atoms with Crippen molar-refractivity contribution in [3.05, 3.63) is 22.8 Å². The van der Waals surface area contributed by atoms with Gasteiger partial charge in [-0.3, -0.25) is 4.79 Å². The highest BCUT2D eigenvalue weighted by Crippen LogP contribution is 2.44. The summed E-state index contributed by atoms with van der Waals surface area (Å²) in [5, 5.41) is 18.6. The van der Waals surface area contributed by atoms with E-state index in [4.69, 9.17) is 0 Å². The van der Waals surface area contributed by atoms with Gasteiger partial charge in [-0.2, -0.15) is 0 Å². The molecule has 0 bridgehead atoms. The molecule has 18 heavy (non-hydrogen) atoms. The summed E-state index contributed by atoms with van der Waals surface area (Å²) in [4.78, 5) is 22.7. The molecule has 0 heterocycles. The second-order valence-electron chi connectivity index (χ2n) is 5.23. The molecule has 1 aliphatic rings. The van der Waals surface area contributed by atoms with Gasteiger partial charge in [-0.1, -0.05) is 32.4 Å². The van der Waals surface area contributed by atoms with E-state index in [0.717, 1.165) is 11.1 Å². The zero-order chi connectivity index (χ0) is 14.1. The second-order valence-corrected chi connectivity index (χ2v) is 5.23. The van der Waals surface area contributed by atoms with E-state index in [2.05, 4.69) is 0 Å². The van der Waals surface area contributed by atoms with Crippen molar-refractivity contribution in [3.63, 3.8) is 0 Å². The van der Waals surface area contributed by atoms with E-state index in [1.165, 1.54) is 0 Å². The third kappa shape index (κ3) is 2.33. The molecule has 0 spiro atoms. The molecule has 1 rings (SSSR count). The average Bonchev–Trinajstić information content (AvgIpc) is 2.27. The Kier molecular flexibility index (Phi) is 3.99. The lowest BCUT2D eigenvalue weighted by atomic mass is 9.68. The first-order valence-electron chi connectivity index (χ1n) is 6.14. The summed E-state index contributed by atoms with van der Waals surface area (Å²) in [7, 11) is 0. The highest BCUT2D eigenvalue weighted by Gasteiger charge is 2.43. The Hall–Kier alpha value is -1.58. The topological polar surface area (TPSA) is 74.6 Å². The van der Waals surface area contributed by atoms with Crippen LogP contribution in [-0.2, 0) is 9.59 Å². The summed E-state index contributed by atoms with van der Waals surface area (Å²) in [5.41, 5.74) is 0.661. The summed E-state index contributed by atoms with van der Waals surface area (Å²) in [6.07, 6.45) is 2.43. The van der Waals surface area contributed by atoms with Crippen molar-refractivity contribution in [1.29, 1.82) is 0 Å². The fourth-order valence-electron chi connectivity index (χ4n) is 2.53. The van der Waals surface area contributed by atoms with E-state index in [-0.39, 0.29) is 17.9 Å². The number of hydrogen-bond donors (Lipinski definition) is 2. The minimum atomic E-state index is -1.11. The number of hydrogen-bond acceptors (Lipinski definition) is 2. The van der Waals surface area contributed by atoms with Crippen molar-refractivity contribution < 1.29 is 19.8 Å². The van der Waals surface area contributed by atoms with Gasteiger partial charge >= 0.3 is 11.9 Å². The van der Waals surface area contributed by atoms with Crippen molar-refractivity contribution in [1.82, 2.24) is 0 Å². The van der Waals surface area contributed by atoms with Gasteiger partial charge in [0.05, 0.1) is 5.41 Å². The number of carbonyl (C=O) groups is 2. The molecular weight excluding hydrogens is 232 g/mol. The van der Waals surface area contributed by atoms with Gasteiger partial charge in [-0.25, -0.2) is 4.79 Å². The molecule has 2 N–H and O–H groups in total. The molecule has 0 radical (unpaired) electrons. The zero-order valence-corrected chi connectivity index (χ0v) is 11.3. The molecule has 1 aliphatic carbocycles. The van der Waals surface area contributed by atoms with Crippen molar-refractivity contribution in [2.45, 2.75) is 40.5 Å². The second kappa shape index (κ2) is 4.96. The molecule has 4 heteroatoms. The monoisotopic (exact) mass is 252 g/mol. The van der Waals surface area contributed by atoms with E-state index in [0.29, 0.717) is 6.42 Å². The Labute approximate surface area is 107 Å². The molecule has 0 saturated heterocycles. The van der Waals surface area contributed by atoms with Crippen LogP contribution < -0.4 is 0 Å². The number of rotatable bonds is 4. The quantitative estimate of drug-likeness (QED) is 0.806. The van der Waals surface area contributed by atoms with Crippen LogP contribution in [0.1, 0.15) is 40.5 Å². The normalized spacial score (nSPS) is 24.2. The van der Waals surface area contributed by atoms with Gasteiger partial charge in [0, 0.05) is 5.57 Å². The molecule has 0 fully saturated rings. The van der Waals surface area contributed by atoms with E-state index in [1.54, 1.807) is 13.0 Å². The minimum Gasteiger partial charge on any atom is -0.481 e. The van der Waals surface area contributed by atoms with Crippen LogP contribution in [0.2, 0.25) is 0 Å². The lowest BCUT2D eigenvalue weighted by Gasteiger charge is -2.35. The largest absolute Gasteiger partial charge is 0.481 e. The number of aliphatic carboxylic acids is 2. The lowest BCUT2D eigenvalue weighted by Crippen LogP contribution is -2.36. The average molecular weight is 252 g/mol. The van der Waals surface area contributed by atoms with Crippen molar-refractivity contribution in [2.75, 3.05) is 0 Å². The summed E-state index contributed by atoms with van der Waals surface area (Å²) in [5.74, 6) is -1.89. The highest BCUT2D eigenvalue weighted by molar-refractivity contribution is 5.92. The van der Waals surface area contributed by atoms with Crippen LogP contribution in [0.3, 0.4) is 0 Å². The van der Waals surface area contributed by atoms with Gasteiger partial charge in [0.15, 0.2) is 0 Å². The lowest BCUT2D eigenvalue weighted by molar-refractivity contribution is -0.146. The van der Waals surface area contributed by atoms with Crippen LogP contribution in [0.5, 0.6) is 0 Å². The van der Waals surface area contributed by atoms with Crippen LogP contribution >= 0.6 is 0 Å². The van der Waals surface area contributed by atoms with Gasteiger partial charge in [0.2, 0.25) is 0 Å². The van der Waals surface area contributed by atoms with Crippen molar-refractivity contribution in [3.8, 4) is 0 Å². The Morgan fingerprint density at radius 3 is 2.28 bits per heavy atom. The predicted octanol–water partition coefficient (Wildman–Crippen LogP) is 2.85. The Morgan fingerprint density at radius 2 is 1.94 bits per heavy atom. The summed E-state index contributed by atoms with van der Waals surface area (Å²) in [6.45, 7) is 7.37. The molecule has 0 aliphatic heterocycles. The third-order valence-corrected chi connectivity index (χ3v) is 3.62. The van der Waals surface area contributed by atoms with Crippen molar-refractivity contribution in [2.24, 2.45) is 11.3 Å². The van der Waals surface area contributed by atoms with Gasteiger partial charge in [0.25, 0.3) is 0 Å². The molecule has 0 saturated carbocycles. The molecular formula is C14H20O4. The first kappa shape index (κ1) is 14.5. The van der Waals surface area contributed by atoms with Gasteiger partial charge < -0.3 is 10.2 Å². The molecule has 100 valence electrons. The fourth-order valence-corrected chi connectivity index (χ4v) is 2.53. The molecule has 0 aromatic rings. The fraction of sp³-hybridized carbons (Fsp3) is 0.571. The van der Waals surface area contributed by atoms with E-state index in [1.807, 2.05) is 20.8 Å². The molecule has 0 amide bonds. The predicted molar refractivity (Wildman–Crippen MR) is 68.2 cm³/mol. The smallest absolute Gasteiger partial charge is 0.331 e. The Bertz CT molecular complexity index is 443. The number of allylic oxidation sites excluding steroid dienone is 2. The van der Waals surface area contributed by atoms with Crippen LogP contribution in [0, 0.1) is 11.3 Å². The zero-order valence-electron chi connectivity index (χ0n) is 11.3. The molecule has 0 aromatic carbocycles. The minimum absolute atomic E-state index is 0.0604. The molecule has 1 unspecified atom stereocenters. The van der Waals surface area contributed by atoms with E-state index < -0.39 is 17.4 Å². The van der Waals surface area contributed by atoms with Crippen LogP contribution in [0.4, 0.5) is 0 Å². The van der Waals surface area contributed by atoms with E-state index in [9.17, 15) is 19.8 Å². The first-order valence-corrected chi connectivity index (χ1v) is 6.14. The maximum Gasteiger partial charge on any atom is 0.331 e. The first-order chi connectivity index (χ1) is 8.24. The molecule has 4 nitrogen and oxygen atoms in total. The third-order valence-electron chi connectivity index (χ3n) is 3.62. The summed E-state index contributed by atoms with van der Waals surface area (Å²) < 4.78 is 0. The maximum atomic E-state index is 11.5. The van der Waals surface area contributed by atoms with Crippen LogP contribution in [0.25, 0.3) is 0 Å². The summed E-state index contributed by atoms with van der Waals surface area (Å²) >= 11 is 0. The molecule has 0 aromatic heterocycles. The standard InChI is InChI=1S/C14H20O4/c1-5-9-6-11(8(2)3)14(4,13(17)18)7-10(9)12(15)16/h6,8H,5,7H2,1-4H3,(H,15,16)(H,17,18). The highest BCUT2D eigenvalue weighted by atomic mass is 16.4.